The highest BCUT2D eigenvalue weighted by Gasteiger charge is 2.36. The maximum absolute atomic E-state index is 12.2. The third-order valence-corrected chi connectivity index (χ3v) is 4.19. The quantitative estimate of drug-likeness (QED) is 0.909. The highest BCUT2D eigenvalue weighted by molar-refractivity contribution is 9.10. The van der Waals surface area contributed by atoms with Crippen LogP contribution in [0.5, 0.6) is 0 Å². The van der Waals surface area contributed by atoms with Gasteiger partial charge in [-0.1, -0.05) is 17.3 Å². The van der Waals surface area contributed by atoms with Crippen molar-refractivity contribution in [3.8, 4) is 0 Å². The SMILES string of the molecule is Cc1cc(NC(=O)[C@@H]2CC(=O)N(c3ccccc3Br)C2)no1. The van der Waals surface area contributed by atoms with Crippen molar-refractivity contribution in [2.75, 3.05) is 16.8 Å². The number of anilines is 2. The number of hydrogen-bond acceptors (Lipinski definition) is 4. The first-order valence-electron chi connectivity index (χ1n) is 6.83. The molecule has 0 unspecified atom stereocenters. The van der Waals surface area contributed by atoms with Gasteiger partial charge in [0.15, 0.2) is 5.82 Å². The lowest BCUT2D eigenvalue weighted by Crippen LogP contribution is -2.28. The largest absolute Gasteiger partial charge is 0.360 e. The number of hydrogen-bond donors (Lipinski definition) is 1. The minimum atomic E-state index is -0.406. The van der Waals surface area contributed by atoms with E-state index in [0.717, 1.165) is 10.2 Å². The van der Waals surface area contributed by atoms with Gasteiger partial charge in [0, 0.05) is 23.5 Å². The summed E-state index contributed by atoms with van der Waals surface area (Å²) in [7, 11) is 0. The molecule has 6 nitrogen and oxygen atoms in total. The molecule has 1 N–H and O–H groups in total. The fourth-order valence-corrected chi connectivity index (χ4v) is 2.94. The topological polar surface area (TPSA) is 75.4 Å². The molecule has 1 saturated heterocycles. The Morgan fingerprint density at radius 1 is 1.45 bits per heavy atom. The van der Waals surface area contributed by atoms with Gasteiger partial charge >= 0.3 is 0 Å². The summed E-state index contributed by atoms with van der Waals surface area (Å²) in [4.78, 5) is 26.1. The number of aryl methyl sites for hydroxylation is 1. The molecule has 22 heavy (non-hydrogen) atoms. The van der Waals surface area contributed by atoms with E-state index in [1.165, 1.54) is 0 Å². The van der Waals surface area contributed by atoms with E-state index < -0.39 is 5.92 Å². The molecule has 114 valence electrons. The normalized spacial score (nSPS) is 17.8. The Morgan fingerprint density at radius 2 is 2.23 bits per heavy atom. The van der Waals surface area contributed by atoms with Gasteiger partial charge in [0.1, 0.15) is 5.76 Å². The van der Waals surface area contributed by atoms with E-state index in [2.05, 4.69) is 26.4 Å². The Labute approximate surface area is 135 Å². The van der Waals surface area contributed by atoms with Crippen LogP contribution in [0.3, 0.4) is 0 Å². The molecule has 0 bridgehead atoms. The van der Waals surface area contributed by atoms with Gasteiger partial charge in [0.2, 0.25) is 11.8 Å². The second-order valence-corrected chi connectivity index (χ2v) is 6.02. The van der Waals surface area contributed by atoms with Crippen molar-refractivity contribution in [3.05, 3.63) is 40.6 Å². The average molecular weight is 364 g/mol. The van der Waals surface area contributed by atoms with Crippen molar-refractivity contribution in [3.63, 3.8) is 0 Å². The second-order valence-electron chi connectivity index (χ2n) is 5.17. The van der Waals surface area contributed by atoms with Crippen molar-refractivity contribution >= 4 is 39.2 Å². The zero-order chi connectivity index (χ0) is 15.7. The molecule has 2 aromatic rings. The van der Waals surface area contributed by atoms with Gasteiger partial charge in [-0.25, -0.2) is 0 Å². The number of carbonyl (C=O) groups excluding carboxylic acids is 2. The molecule has 0 saturated carbocycles. The van der Waals surface area contributed by atoms with Crippen LogP contribution >= 0.6 is 15.9 Å². The number of nitrogens with zero attached hydrogens (tertiary/aromatic N) is 2. The van der Waals surface area contributed by atoms with Crippen LogP contribution in [0.2, 0.25) is 0 Å². The van der Waals surface area contributed by atoms with Crippen LogP contribution in [0.4, 0.5) is 11.5 Å². The number of aromatic nitrogens is 1. The van der Waals surface area contributed by atoms with Crippen molar-refractivity contribution in [2.24, 2.45) is 5.92 Å². The first-order chi connectivity index (χ1) is 10.5. The Hall–Kier alpha value is -2.15. The van der Waals surface area contributed by atoms with Crippen LogP contribution in [-0.2, 0) is 9.59 Å². The highest BCUT2D eigenvalue weighted by atomic mass is 79.9. The molecule has 7 heteroatoms. The van der Waals surface area contributed by atoms with Crippen molar-refractivity contribution in [1.29, 1.82) is 0 Å². The highest BCUT2D eigenvalue weighted by Crippen LogP contribution is 2.31. The standard InChI is InChI=1S/C15H14BrN3O3/c1-9-6-13(18-22-9)17-15(21)10-7-14(20)19(8-10)12-5-3-2-4-11(12)16/h2-6,10H,7-8H2,1H3,(H,17,18,21)/t10-/m1/s1. The van der Waals surface area contributed by atoms with E-state index in [1.54, 1.807) is 17.9 Å². The molecule has 0 spiro atoms. The fraction of sp³-hybridized carbons (Fsp3) is 0.267. The Kier molecular flexibility index (Phi) is 3.98. The number of benzene rings is 1. The van der Waals surface area contributed by atoms with Gasteiger partial charge < -0.3 is 14.7 Å². The molecule has 2 heterocycles. The molecule has 1 fully saturated rings. The average Bonchev–Trinajstić information content (AvgIpc) is 3.06. The molecule has 0 aliphatic carbocycles. The molecular weight excluding hydrogens is 350 g/mol. The number of amides is 2. The second kappa shape index (κ2) is 5.92. The Balaban J connectivity index is 1.71. The minimum Gasteiger partial charge on any atom is -0.360 e. The van der Waals surface area contributed by atoms with E-state index in [-0.39, 0.29) is 18.2 Å². The summed E-state index contributed by atoms with van der Waals surface area (Å²) >= 11 is 3.43. The van der Waals surface area contributed by atoms with Gasteiger partial charge in [-0.05, 0) is 35.0 Å². The van der Waals surface area contributed by atoms with Gasteiger partial charge in [-0.15, -0.1) is 0 Å². The summed E-state index contributed by atoms with van der Waals surface area (Å²) in [6.07, 6.45) is 0.185. The van der Waals surface area contributed by atoms with Crippen molar-refractivity contribution in [2.45, 2.75) is 13.3 Å². The fourth-order valence-electron chi connectivity index (χ4n) is 2.44. The van der Waals surface area contributed by atoms with Gasteiger partial charge in [0.25, 0.3) is 0 Å². The van der Waals surface area contributed by atoms with Crippen molar-refractivity contribution < 1.29 is 14.1 Å². The van der Waals surface area contributed by atoms with E-state index in [4.69, 9.17) is 4.52 Å². The lowest BCUT2D eigenvalue weighted by molar-refractivity contribution is -0.122. The lowest BCUT2D eigenvalue weighted by Gasteiger charge is -2.18. The number of nitrogens with one attached hydrogen (secondary N) is 1. The minimum absolute atomic E-state index is 0.0663. The van der Waals surface area contributed by atoms with Crippen LogP contribution in [0, 0.1) is 12.8 Å². The first kappa shape index (κ1) is 14.8. The van der Waals surface area contributed by atoms with E-state index in [9.17, 15) is 9.59 Å². The molecule has 2 amide bonds. The third kappa shape index (κ3) is 2.89. The number of rotatable bonds is 3. The number of carbonyl (C=O) groups is 2. The summed E-state index contributed by atoms with van der Waals surface area (Å²) in [5.41, 5.74) is 0.778. The molecule has 1 aliphatic heterocycles. The van der Waals surface area contributed by atoms with Crippen molar-refractivity contribution in [1.82, 2.24) is 5.16 Å². The van der Waals surface area contributed by atoms with Crippen LogP contribution in [0.15, 0.2) is 39.3 Å². The first-order valence-corrected chi connectivity index (χ1v) is 7.63. The molecule has 1 atom stereocenters. The van der Waals surface area contributed by atoms with Crippen LogP contribution in [-0.4, -0.2) is 23.5 Å². The predicted molar refractivity (Wildman–Crippen MR) is 84.5 cm³/mol. The summed E-state index contributed by atoms with van der Waals surface area (Å²) in [6, 6.07) is 9.10. The van der Waals surface area contributed by atoms with Gasteiger partial charge in [0.05, 0.1) is 11.6 Å². The maximum Gasteiger partial charge on any atom is 0.231 e. The molecule has 1 aromatic heterocycles. The zero-order valence-corrected chi connectivity index (χ0v) is 13.5. The predicted octanol–water partition coefficient (Wildman–Crippen LogP) is 2.74. The van der Waals surface area contributed by atoms with E-state index in [1.807, 2.05) is 24.3 Å². The zero-order valence-electron chi connectivity index (χ0n) is 11.9. The van der Waals surface area contributed by atoms with Crippen LogP contribution < -0.4 is 10.2 Å². The number of para-hydroxylation sites is 1. The maximum atomic E-state index is 12.2. The smallest absolute Gasteiger partial charge is 0.231 e. The van der Waals surface area contributed by atoms with Gasteiger partial charge in [-0.2, -0.15) is 0 Å². The Bertz CT molecular complexity index is 728. The third-order valence-electron chi connectivity index (χ3n) is 3.52. The molecule has 1 aromatic carbocycles. The molecule has 0 radical (unpaired) electrons. The molecule has 1 aliphatic rings. The summed E-state index contributed by atoms with van der Waals surface area (Å²) in [5.74, 6) is 0.290. The monoisotopic (exact) mass is 363 g/mol. The van der Waals surface area contributed by atoms with E-state index in [0.29, 0.717) is 18.1 Å². The molecule has 3 rings (SSSR count). The van der Waals surface area contributed by atoms with Gasteiger partial charge in [-0.3, -0.25) is 9.59 Å². The Morgan fingerprint density at radius 3 is 2.91 bits per heavy atom. The number of halogens is 1. The van der Waals surface area contributed by atoms with Crippen LogP contribution in [0.1, 0.15) is 12.2 Å². The summed E-state index contributed by atoms with van der Waals surface area (Å²) in [5, 5.41) is 6.40. The lowest BCUT2D eigenvalue weighted by atomic mass is 10.1. The summed E-state index contributed by atoms with van der Waals surface area (Å²) in [6.45, 7) is 2.10. The van der Waals surface area contributed by atoms with E-state index >= 15 is 0 Å². The molecular formula is C15H14BrN3O3. The summed E-state index contributed by atoms with van der Waals surface area (Å²) < 4.78 is 5.74. The van der Waals surface area contributed by atoms with Crippen LogP contribution in [0.25, 0.3) is 0 Å².